The summed E-state index contributed by atoms with van der Waals surface area (Å²) >= 11 is 5.95. The minimum Gasteiger partial charge on any atom is -0.399 e. The lowest BCUT2D eigenvalue weighted by atomic mass is 10.1. The van der Waals surface area contributed by atoms with Crippen LogP contribution in [-0.4, -0.2) is 25.8 Å². The molecule has 0 radical (unpaired) electrons. The number of benzene rings is 1. The number of nitrogen functional groups attached to an aromatic ring is 1. The van der Waals surface area contributed by atoms with Crippen LogP contribution in [0.5, 0.6) is 0 Å². The summed E-state index contributed by atoms with van der Waals surface area (Å²) in [4.78, 5) is 0.0548. The van der Waals surface area contributed by atoms with Crippen LogP contribution in [-0.2, 0) is 10.0 Å². The highest BCUT2D eigenvalue weighted by Gasteiger charge is 2.28. The van der Waals surface area contributed by atoms with Crippen LogP contribution in [0, 0.1) is 5.92 Å². The molecule has 0 saturated carbocycles. The van der Waals surface area contributed by atoms with Crippen molar-refractivity contribution in [3.8, 4) is 0 Å². The molecule has 0 aromatic heterocycles. The summed E-state index contributed by atoms with van der Waals surface area (Å²) in [6.45, 7) is 5.80. The lowest BCUT2D eigenvalue weighted by Gasteiger charge is -2.27. The number of halogens is 1. The molecule has 6 heteroatoms. The Bertz CT molecular complexity index is 529. The van der Waals surface area contributed by atoms with Crippen molar-refractivity contribution >= 4 is 27.3 Å². The highest BCUT2D eigenvalue weighted by molar-refractivity contribution is 7.89. The largest absolute Gasteiger partial charge is 0.399 e. The molecule has 0 fully saturated rings. The Labute approximate surface area is 114 Å². The zero-order valence-corrected chi connectivity index (χ0v) is 12.6. The first-order valence-corrected chi connectivity index (χ1v) is 7.52. The van der Waals surface area contributed by atoms with Gasteiger partial charge in [-0.1, -0.05) is 25.4 Å². The third kappa shape index (κ3) is 2.96. The molecular weight excluding hydrogens is 272 g/mol. The van der Waals surface area contributed by atoms with Gasteiger partial charge in [0, 0.05) is 18.8 Å². The summed E-state index contributed by atoms with van der Waals surface area (Å²) in [6.07, 6.45) is 0. The van der Waals surface area contributed by atoms with E-state index in [-0.39, 0.29) is 21.9 Å². The van der Waals surface area contributed by atoms with Gasteiger partial charge in [-0.15, -0.1) is 0 Å². The van der Waals surface area contributed by atoms with Crippen molar-refractivity contribution in [3.05, 3.63) is 23.2 Å². The van der Waals surface area contributed by atoms with E-state index >= 15 is 0 Å². The second-order valence-electron chi connectivity index (χ2n) is 4.70. The predicted molar refractivity (Wildman–Crippen MR) is 75.1 cm³/mol. The standard InChI is InChI=1S/C12H19ClN2O2S/c1-8(2)9(3)15(4)18(16,17)12-7-10(14)5-6-11(12)13/h5-9H,14H2,1-4H3. The number of hydrogen-bond acceptors (Lipinski definition) is 3. The van der Waals surface area contributed by atoms with Crippen LogP contribution in [0.3, 0.4) is 0 Å². The molecule has 1 aromatic carbocycles. The zero-order chi connectivity index (χ0) is 14.1. The molecule has 4 nitrogen and oxygen atoms in total. The van der Waals surface area contributed by atoms with Crippen molar-refractivity contribution in [1.29, 1.82) is 0 Å². The Hall–Kier alpha value is -0.780. The lowest BCUT2D eigenvalue weighted by molar-refractivity contribution is 0.316. The molecule has 0 aliphatic rings. The summed E-state index contributed by atoms with van der Waals surface area (Å²) in [6, 6.07) is 4.35. The monoisotopic (exact) mass is 290 g/mol. The van der Waals surface area contributed by atoms with E-state index in [1.165, 1.54) is 16.4 Å². The van der Waals surface area contributed by atoms with Gasteiger partial charge in [-0.05, 0) is 31.0 Å². The highest BCUT2D eigenvalue weighted by atomic mass is 35.5. The minimum absolute atomic E-state index is 0.0548. The number of rotatable bonds is 4. The SMILES string of the molecule is CC(C)C(C)N(C)S(=O)(=O)c1cc(N)ccc1Cl. The number of nitrogens with zero attached hydrogens (tertiary/aromatic N) is 1. The van der Waals surface area contributed by atoms with Crippen LogP contribution in [0.25, 0.3) is 0 Å². The fourth-order valence-corrected chi connectivity index (χ4v) is 3.51. The normalized spacial score (nSPS) is 14.2. The van der Waals surface area contributed by atoms with E-state index in [9.17, 15) is 8.42 Å². The molecule has 0 spiro atoms. The van der Waals surface area contributed by atoms with Crippen molar-refractivity contribution in [2.24, 2.45) is 5.92 Å². The van der Waals surface area contributed by atoms with Crippen LogP contribution >= 0.6 is 11.6 Å². The van der Waals surface area contributed by atoms with Gasteiger partial charge in [-0.3, -0.25) is 0 Å². The van der Waals surface area contributed by atoms with Gasteiger partial charge in [0.1, 0.15) is 4.90 Å². The van der Waals surface area contributed by atoms with E-state index < -0.39 is 10.0 Å². The number of hydrogen-bond donors (Lipinski definition) is 1. The van der Waals surface area contributed by atoms with Crippen molar-refractivity contribution in [2.45, 2.75) is 31.7 Å². The first-order valence-electron chi connectivity index (χ1n) is 5.71. The Kier molecular flexibility index (Phi) is 4.64. The van der Waals surface area contributed by atoms with E-state index in [0.29, 0.717) is 5.69 Å². The first-order chi connectivity index (χ1) is 8.17. The Morgan fingerprint density at radius 2 is 1.83 bits per heavy atom. The van der Waals surface area contributed by atoms with E-state index in [2.05, 4.69) is 0 Å². The molecule has 0 aliphatic carbocycles. The molecule has 0 amide bonds. The van der Waals surface area contributed by atoms with Crippen LogP contribution in [0.4, 0.5) is 5.69 Å². The molecule has 18 heavy (non-hydrogen) atoms. The van der Waals surface area contributed by atoms with Crippen molar-refractivity contribution in [3.63, 3.8) is 0 Å². The van der Waals surface area contributed by atoms with Crippen LogP contribution in [0.2, 0.25) is 5.02 Å². The molecule has 0 bridgehead atoms. The molecule has 1 atom stereocenters. The van der Waals surface area contributed by atoms with Gasteiger partial charge in [0.05, 0.1) is 5.02 Å². The van der Waals surface area contributed by atoms with E-state index in [4.69, 9.17) is 17.3 Å². The molecule has 1 aromatic rings. The van der Waals surface area contributed by atoms with Gasteiger partial charge in [0.2, 0.25) is 10.0 Å². The van der Waals surface area contributed by atoms with Gasteiger partial charge in [-0.25, -0.2) is 8.42 Å². The maximum Gasteiger partial charge on any atom is 0.244 e. The number of sulfonamides is 1. The molecule has 102 valence electrons. The van der Waals surface area contributed by atoms with Gasteiger partial charge in [-0.2, -0.15) is 4.31 Å². The smallest absolute Gasteiger partial charge is 0.244 e. The average molecular weight is 291 g/mol. The van der Waals surface area contributed by atoms with Crippen LogP contribution < -0.4 is 5.73 Å². The fourth-order valence-electron chi connectivity index (χ4n) is 1.51. The summed E-state index contributed by atoms with van der Waals surface area (Å²) in [7, 11) is -2.06. The summed E-state index contributed by atoms with van der Waals surface area (Å²) in [5.74, 6) is 0.213. The average Bonchev–Trinajstić information content (AvgIpc) is 2.29. The molecule has 1 rings (SSSR count). The Balaban J connectivity index is 3.25. The van der Waals surface area contributed by atoms with Crippen molar-refractivity contribution in [2.75, 3.05) is 12.8 Å². The van der Waals surface area contributed by atoms with Crippen molar-refractivity contribution in [1.82, 2.24) is 4.31 Å². The fraction of sp³-hybridized carbons (Fsp3) is 0.500. The second-order valence-corrected chi connectivity index (χ2v) is 7.07. The first kappa shape index (κ1) is 15.3. The van der Waals surface area contributed by atoms with Gasteiger partial charge < -0.3 is 5.73 Å². The topological polar surface area (TPSA) is 63.4 Å². The lowest BCUT2D eigenvalue weighted by Crippen LogP contribution is -2.38. The van der Waals surface area contributed by atoms with Crippen LogP contribution in [0.1, 0.15) is 20.8 Å². The number of anilines is 1. The summed E-state index contributed by atoms with van der Waals surface area (Å²) in [5, 5.41) is 0.187. The summed E-state index contributed by atoms with van der Waals surface area (Å²) in [5.41, 5.74) is 6.00. The van der Waals surface area contributed by atoms with Crippen LogP contribution in [0.15, 0.2) is 23.1 Å². The van der Waals surface area contributed by atoms with E-state index in [1.54, 1.807) is 13.1 Å². The third-order valence-corrected chi connectivity index (χ3v) is 5.58. The second kappa shape index (κ2) is 5.47. The van der Waals surface area contributed by atoms with E-state index in [0.717, 1.165) is 0 Å². The zero-order valence-electron chi connectivity index (χ0n) is 11.0. The van der Waals surface area contributed by atoms with E-state index in [1.807, 2.05) is 20.8 Å². The maximum atomic E-state index is 12.4. The molecule has 0 aliphatic heterocycles. The molecule has 0 heterocycles. The Morgan fingerprint density at radius 1 is 1.28 bits per heavy atom. The predicted octanol–water partition coefficient (Wildman–Crippen LogP) is 2.59. The van der Waals surface area contributed by atoms with Gasteiger partial charge in [0.15, 0.2) is 0 Å². The molecule has 0 saturated heterocycles. The molecule has 1 unspecified atom stereocenters. The highest BCUT2D eigenvalue weighted by Crippen LogP contribution is 2.28. The number of nitrogens with two attached hydrogens (primary N) is 1. The summed E-state index contributed by atoms with van der Waals surface area (Å²) < 4.78 is 26.2. The maximum absolute atomic E-state index is 12.4. The molecular formula is C12H19ClN2O2S. The minimum atomic E-state index is -3.62. The van der Waals surface area contributed by atoms with Crippen molar-refractivity contribution < 1.29 is 8.42 Å². The third-order valence-electron chi connectivity index (χ3n) is 3.15. The molecule has 2 N–H and O–H groups in total. The van der Waals surface area contributed by atoms with Gasteiger partial charge >= 0.3 is 0 Å². The van der Waals surface area contributed by atoms with Gasteiger partial charge in [0.25, 0.3) is 0 Å². The Morgan fingerprint density at radius 3 is 2.33 bits per heavy atom. The quantitative estimate of drug-likeness (QED) is 0.867.